The largest absolute Gasteiger partial charge is 0.543 e. The minimum atomic E-state index is -1.54. The number of carbonyl (C=O) groups excluding carboxylic acids is 3. The lowest BCUT2D eigenvalue weighted by atomic mass is 10.0. The maximum Gasteiger partial charge on any atom is 0.347 e. The number of hydrogen-bond acceptors (Lipinski definition) is 13. The number of aromatic nitrogens is 4. The van der Waals surface area contributed by atoms with Crippen LogP contribution in [0.2, 0.25) is 4.34 Å². The number of halogens is 1. The Morgan fingerprint density at radius 3 is 2.76 bits per heavy atom. The fraction of sp³-hybridized carbons (Fsp3) is 0.304. The number of pyridine rings is 1. The van der Waals surface area contributed by atoms with Gasteiger partial charge in [0.2, 0.25) is 12.1 Å². The third-order valence-corrected chi connectivity index (χ3v) is 8.93. The van der Waals surface area contributed by atoms with E-state index >= 15 is 0 Å². The minimum absolute atomic E-state index is 0.00987. The number of nitrogens with zero attached hydrogens (tertiary/aromatic N) is 6. The van der Waals surface area contributed by atoms with Gasteiger partial charge in [-0.1, -0.05) is 28.1 Å². The number of aliphatic carboxylic acids is 2. The summed E-state index contributed by atoms with van der Waals surface area (Å²) in [5, 5.41) is 26.7. The Bertz CT molecular complexity index is 1720. The predicted octanol–water partition coefficient (Wildman–Crippen LogP) is -1.57. The van der Waals surface area contributed by atoms with Crippen LogP contribution in [0, 0.1) is 0 Å². The van der Waals surface area contributed by atoms with Crippen molar-refractivity contribution in [2.45, 2.75) is 31.0 Å². The van der Waals surface area contributed by atoms with Crippen molar-refractivity contribution in [2.24, 2.45) is 12.2 Å². The monoisotopic (exact) mass is 635 g/mol. The number of nitrogens with two attached hydrogens (primary N) is 2. The number of nitrogens with one attached hydrogen (secondary N) is 1. The summed E-state index contributed by atoms with van der Waals surface area (Å²) in [5.74, 6) is -3.99. The number of thioether (sulfide) groups is 1. The van der Waals surface area contributed by atoms with Crippen LogP contribution in [0.25, 0.3) is 11.0 Å². The molecule has 42 heavy (non-hydrogen) atoms. The summed E-state index contributed by atoms with van der Waals surface area (Å²) >= 11 is 8.23. The predicted molar refractivity (Wildman–Crippen MR) is 149 cm³/mol. The fourth-order valence-electron chi connectivity index (χ4n) is 4.35. The molecule has 0 aliphatic carbocycles. The second-order valence-corrected chi connectivity index (χ2v) is 12.0. The van der Waals surface area contributed by atoms with Crippen molar-refractivity contribution >= 4 is 86.3 Å². The van der Waals surface area contributed by atoms with Crippen LogP contribution in [-0.4, -0.2) is 77.3 Å². The standard InChI is InChI=1S/C23H22ClN9O7S2/c1-8(20(36)37)40-30-13(12-16(24)42-23(26)29-12)17(34)28-14-18(35)33-15(21(38)39)9(7-41-19(14)33)5-32-4-3-10-11(6-32)31(2)22(25)27-10/h3-4,6,8,14,19,25H,5,7H2,1-2H3,(H5,26,28,29,34,36,37,38,39)/b30-13-/t8-,14+,19?/m0/s1. The number of aryl methyl sites for hydroxylation is 1. The fourth-order valence-corrected chi connectivity index (χ4v) is 6.61. The van der Waals surface area contributed by atoms with Gasteiger partial charge in [-0.2, -0.15) is 4.57 Å². The summed E-state index contributed by atoms with van der Waals surface area (Å²) in [5.41, 5.74) is 12.4. The molecular weight excluding hydrogens is 614 g/mol. The Balaban J connectivity index is 1.38. The highest BCUT2D eigenvalue weighted by molar-refractivity contribution is 8.00. The molecular formula is C23H22ClN9O7S2. The maximum atomic E-state index is 13.2. The van der Waals surface area contributed by atoms with Gasteiger partial charge in [-0.15, -0.1) is 11.8 Å². The van der Waals surface area contributed by atoms with Crippen LogP contribution in [0.3, 0.4) is 0 Å². The number of rotatable bonds is 9. The first kappa shape index (κ1) is 29.1. The number of carboxylic acid groups (broad SMARTS) is 2. The average molecular weight is 636 g/mol. The van der Waals surface area contributed by atoms with Crippen molar-refractivity contribution in [3.05, 3.63) is 39.8 Å². The lowest BCUT2D eigenvalue weighted by Gasteiger charge is -2.50. The van der Waals surface area contributed by atoms with Gasteiger partial charge in [0.05, 0.1) is 11.7 Å². The van der Waals surface area contributed by atoms with E-state index in [0.717, 1.165) is 21.8 Å². The summed E-state index contributed by atoms with van der Waals surface area (Å²) in [7, 11) is 1.75. The van der Waals surface area contributed by atoms with Crippen molar-refractivity contribution in [1.82, 2.24) is 24.8 Å². The molecule has 3 atom stereocenters. The first-order chi connectivity index (χ1) is 19.9. The first-order valence-electron chi connectivity index (χ1n) is 12.1. The Kier molecular flexibility index (Phi) is 7.69. The van der Waals surface area contributed by atoms with Gasteiger partial charge in [0.25, 0.3) is 11.8 Å². The third kappa shape index (κ3) is 5.19. The van der Waals surface area contributed by atoms with Crippen LogP contribution in [0.5, 0.6) is 0 Å². The first-order valence-corrected chi connectivity index (χ1v) is 14.3. The number of imidazole rings is 1. The van der Waals surface area contributed by atoms with Crippen molar-refractivity contribution in [1.29, 1.82) is 0 Å². The number of anilines is 2. The van der Waals surface area contributed by atoms with Gasteiger partial charge in [-0.05, 0) is 6.92 Å². The molecule has 5 heterocycles. The van der Waals surface area contributed by atoms with Gasteiger partial charge < -0.3 is 41.2 Å². The summed E-state index contributed by atoms with van der Waals surface area (Å²) in [6.07, 6.45) is 2.07. The zero-order valence-corrected chi connectivity index (χ0v) is 24.2. The van der Waals surface area contributed by atoms with E-state index in [1.165, 1.54) is 18.7 Å². The Labute approximate surface area is 249 Å². The van der Waals surface area contributed by atoms with Crippen molar-refractivity contribution in [2.75, 3.05) is 17.2 Å². The van der Waals surface area contributed by atoms with Gasteiger partial charge in [0, 0.05) is 24.4 Å². The van der Waals surface area contributed by atoms with Gasteiger partial charge in [-0.3, -0.25) is 14.5 Å². The van der Waals surface area contributed by atoms with E-state index in [1.807, 2.05) is 0 Å². The highest BCUT2D eigenvalue weighted by atomic mass is 35.5. The van der Waals surface area contributed by atoms with Crippen LogP contribution in [0.4, 0.5) is 11.1 Å². The molecule has 0 bridgehead atoms. The van der Waals surface area contributed by atoms with E-state index in [4.69, 9.17) is 33.0 Å². The van der Waals surface area contributed by atoms with E-state index in [0.29, 0.717) is 17.0 Å². The molecule has 2 aliphatic heterocycles. The smallest absolute Gasteiger partial charge is 0.347 e. The van der Waals surface area contributed by atoms with Crippen molar-refractivity contribution < 1.29 is 38.8 Å². The number of thiazole rings is 1. The third-order valence-electron chi connectivity index (χ3n) is 6.51. The van der Waals surface area contributed by atoms with E-state index < -0.39 is 47.0 Å². The molecule has 1 saturated heterocycles. The molecule has 2 amide bonds. The lowest BCUT2D eigenvalue weighted by molar-refractivity contribution is -0.687. The summed E-state index contributed by atoms with van der Waals surface area (Å²) in [4.78, 5) is 63.9. The quantitative estimate of drug-likeness (QED) is 0.0903. The van der Waals surface area contributed by atoms with Crippen LogP contribution in [0.1, 0.15) is 12.6 Å². The number of nitrogen functional groups attached to an aromatic ring is 2. The Hall–Kier alpha value is -4.42. The second kappa shape index (κ2) is 11.1. The molecule has 5 rings (SSSR count). The number of hydrogen-bond donors (Lipinski definition) is 4. The molecule has 1 fully saturated rings. The molecule has 19 heteroatoms. The zero-order valence-electron chi connectivity index (χ0n) is 21.8. The molecule has 6 N–H and O–H groups in total. The maximum absolute atomic E-state index is 13.2. The lowest BCUT2D eigenvalue weighted by Crippen LogP contribution is -2.71. The van der Waals surface area contributed by atoms with Crippen molar-refractivity contribution in [3.8, 4) is 0 Å². The highest BCUT2D eigenvalue weighted by Crippen LogP contribution is 2.40. The molecule has 3 aromatic heterocycles. The SMILES string of the molecule is C[C@H](O/N=C(\C(=O)N[C@@H]1C(=O)N2C(C(=O)[O-])=C(C[n+]3ccc4nc(N)n(C)c4c3)CSC12)c1nc(N)sc1Cl)C(=O)O. The topological polar surface area (TPSA) is 235 Å². The molecule has 0 spiro atoms. The summed E-state index contributed by atoms with van der Waals surface area (Å²) in [6, 6.07) is 0.600. The molecule has 16 nitrogen and oxygen atoms in total. The number of β-lactam (4-membered cyclic amide) rings is 1. The van der Waals surface area contributed by atoms with Crippen LogP contribution >= 0.6 is 34.7 Å². The molecule has 0 saturated carbocycles. The molecule has 220 valence electrons. The average Bonchev–Trinajstić information content (AvgIpc) is 3.42. The zero-order chi connectivity index (χ0) is 30.5. The van der Waals surface area contributed by atoms with E-state index in [1.54, 1.807) is 34.6 Å². The summed E-state index contributed by atoms with van der Waals surface area (Å²) < 4.78 is 3.42. The van der Waals surface area contributed by atoms with Crippen LogP contribution in [-0.2, 0) is 37.6 Å². The van der Waals surface area contributed by atoms with E-state index in [2.05, 4.69) is 20.4 Å². The highest BCUT2D eigenvalue weighted by Gasteiger charge is 2.53. The Morgan fingerprint density at radius 1 is 1.38 bits per heavy atom. The van der Waals surface area contributed by atoms with E-state index in [-0.39, 0.29) is 33.2 Å². The Morgan fingerprint density at radius 2 is 2.12 bits per heavy atom. The minimum Gasteiger partial charge on any atom is -0.543 e. The van der Waals surface area contributed by atoms with Crippen molar-refractivity contribution in [3.63, 3.8) is 0 Å². The normalized spacial score (nSPS) is 19.4. The van der Waals surface area contributed by atoms with Gasteiger partial charge in [0.1, 0.15) is 32.5 Å². The number of carbonyl (C=O) groups is 4. The summed E-state index contributed by atoms with van der Waals surface area (Å²) in [6.45, 7) is 1.34. The number of oxime groups is 1. The number of amides is 2. The second-order valence-electron chi connectivity index (χ2n) is 9.22. The number of fused-ring (bicyclic) bond motifs is 2. The van der Waals surface area contributed by atoms with Crippen LogP contribution in [0.15, 0.2) is 34.9 Å². The number of carboxylic acids is 2. The van der Waals surface area contributed by atoms with Gasteiger partial charge in [-0.25, -0.2) is 14.8 Å². The van der Waals surface area contributed by atoms with E-state index in [9.17, 15) is 24.3 Å². The molecule has 1 unspecified atom stereocenters. The molecule has 2 aliphatic rings. The van der Waals surface area contributed by atoms with Gasteiger partial charge >= 0.3 is 5.97 Å². The van der Waals surface area contributed by atoms with Gasteiger partial charge in [0.15, 0.2) is 29.8 Å². The molecule has 0 aromatic carbocycles. The molecule has 0 radical (unpaired) electrons. The van der Waals surface area contributed by atoms with Crippen LogP contribution < -0.4 is 26.5 Å². The molecule has 3 aromatic rings.